The van der Waals surface area contributed by atoms with E-state index in [0.29, 0.717) is 19.4 Å². The summed E-state index contributed by atoms with van der Waals surface area (Å²) in [4.78, 5) is 37.6. The second-order valence-corrected chi connectivity index (χ2v) is 6.18. The molecule has 5 atom stereocenters. The van der Waals surface area contributed by atoms with Crippen LogP contribution in [0.5, 0.6) is 0 Å². The minimum Gasteiger partial charge on any atom is -0.394 e. The summed E-state index contributed by atoms with van der Waals surface area (Å²) in [7, 11) is 0. The Balaban J connectivity index is 2.17. The highest BCUT2D eigenvalue weighted by atomic mass is 16.5. The predicted molar refractivity (Wildman–Crippen MR) is 91.1 cm³/mol. The number of amides is 1. The molecule has 1 aliphatic heterocycles. The van der Waals surface area contributed by atoms with Crippen molar-refractivity contribution in [1.82, 2.24) is 14.9 Å². The molecule has 1 saturated heterocycles. The number of hydrogen-bond acceptors (Lipinski definition) is 8. The molecule has 2 heterocycles. The fourth-order valence-electron chi connectivity index (χ4n) is 2.83. The maximum atomic E-state index is 12.3. The highest BCUT2D eigenvalue weighted by Crippen LogP contribution is 2.28. The van der Waals surface area contributed by atoms with Crippen LogP contribution in [0.3, 0.4) is 0 Å². The van der Waals surface area contributed by atoms with E-state index in [1.807, 2.05) is 0 Å². The van der Waals surface area contributed by atoms with Crippen LogP contribution in [0.1, 0.15) is 25.5 Å². The Morgan fingerprint density at radius 3 is 2.77 bits per heavy atom. The second kappa shape index (κ2) is 9.05. The number of aliphatic hydroxyl groups excluding tert-OH is 2. The largest absolute Gasteiger partial charge is 0.394 e. The number of ether oxygens (including phenoxy) is 1. The van der Waals surface area contributed by atoms with Crippen molar-refractivity contribution in [3.05, 3.63) is 33.1 Å². The van der Waals surface area contributed by atoms with Crippen LogP contribution in [-0.4, -0.2) is 63.1 Å². The van der Waals surface area contributed by atoms with Crippen LogP contribution in [0.2, 0.25) is 0 Å². The Hall–Kier alpha value is -2.05. The number of aromatic nitrogens is 2. The zero-order chi connectivity index (χ0) is 19.3. The molecule has 8 N–H and O–H groups in total. The third-order valence-corrected chi connectivity index (χ3v) is 4.29. The fraction of sp³-hybridized carbons (Fsp3) is 0.667. The Morgan fingerprint density at radius 1 is 1.42 bits per heavy atom. The van der Waals surface area contributed by atoms with Gasteiger partial charge in [-0.15, -0.1) is 0 Å². The number of carbonyl (C=O) groups is 1. The maximum absolute atomic E-state index is 12.3. The number of nitrogens with zero attached hydrogens (tertiary/aromatic N) is 1. The smallest absolute Gasteiger partial charge is 0.330 e. The lowest BCUT2D eigenvalue weighted by atomic mass is 10.1. The van der Waals surface area contributed by atoms with Crippen molar-refractivity contribution in [2.24, 2.45) is 11.5 Å². The minimum atomic E-state index is -1.26. The van der Waals surface area contributed by atoms with Gasteiger partial charge in [0, 0.05) is 12.3 Å². The average Bonchev–Trinajstić information content (AvgIpc) is 2.91. The molecule has 0 aromatic carbocycles. The zero-order valence-corrected chi connectivity index (χ0v) is 14.2. The van der Waals surface area contributed by atoms with Crippen molar-refractivity contribution >= 4 is 5.91 Å². The lowest BCUT2D eigenvalue weighted by Gasteiger charge is -2.24. The highest BCUT2D eigenvalue weighted by molar-refractivity contribution is 5.81. The van der Waals surface area contributed by atoms with Crippen molar-refractivity contribution in [3.8, 4) is 0 Å². The van der Waals surface area contributed by atoms with Gasteiger partial charge >= 0.3 is 5.69 Å². The summed E-state index contributed by atoms with van der Waals surface area (Å²) in [5.74, 6) is -0.518. The molecule has 1 amide bonds. The molecule has 146 valence electrons. The van der Waals surface area contributed by atoms with Crippen molar-refractivity contribution in [2.75, 3.05) is 13.2 Å². The van der Waals surface area contributed by atoms with Gasteiger partial charge in [0.15, 0.2) is 6.23 Å². The summed E-state index contributed by atoms with van der Waals surface area (Å²) in [5.41, 5.74) is 9.89. The first-order valence-corrected chi connectivity index (χ1v) is 8.41. The molecular formula is C15H25N5O6. The van der Waals surface area contributed by atoms with E-state index >= 15 is 0 Å². The molecule has 0 spiro atoms. The molecule has 0 radical (unpaired) electrons. The van der Waals surface area contributed by atoms with E-state index in [2.05, 4.69) is 10.3 Å². The van der Waals surface area contributed by atoms with Gasteiger partial charge in [0.05, 0.1) is 12.6 Å². The minimum absolute atomic E-state index is 0.416. The molecular weight excluding hydrogens is 346 g/mol. The highest BCUT2D eigenvalue weighted by Gasteiger charge is 2.45. The van der Waals surface area contributed by atoms with Crippen molar-refractivity contribution in [3.63, 3.8) is 0 Å². The topological polar surface area (TPSA) is 186 Å². The van der Waals surface area contributed by atoms with Crippen LogP contribution in [0, 0.1) is 0 Å². The molecule has 1 aromatic rings. The number of aromatic amines is 1. The van der Waals surface area contributed by atoms with Crippen LogP contribution in [0.25, 0.3) is 0 Å². The van der Waals surface area contributed by atoms with Crippen molar-refractivity contribution < 1.29 is 19.7 Å². The van der Waals surface area contributed by atoms with Gasteiger partial charge in [-0.3, -0.25) is 19.1 Å². The molecule has 26 heavy (non-hydrogen) atoms. The van der Waals surface area contributed by atoms with Gasteiger partial charge < -0.3 is 31.7 Å². The SMILES string of the molecule is NCCCCC(N)C(=O)NC1C(O)C(CO)OC1n1ccc(=O)[nH]c1=O. The van der Waals surface area contributed by atoms with Gasteiger partial charge in [0.1, 0.15) is 18.2 Å². The van der Waals surface area contributed by atoms with Crippen LogP contribution < -0.4 is 28.0 Å². The quantitative estimate of drug-likeness (QED) is 0.257. The van der Waals surface area contributed by atoms with Crippen LogP contribution in [0.4, 0.5) is 0 Å². The second-order valence-electron chi connectivity index (χ2n) is 6.18. The van der Waals surface area contributed by atoms with E-state index in [-0.39, 0.29) is 0 Å². The summed E-state index contributed by atoms with van der Waals surface area (Å²) >= 11 is 0. The van der Waals surface area contributed by atoms with Crippen LogP contribution >= 0.6 is 0 Å². The molecule has 0 aliphatic carbocycles. The molecule has 1 aliphatic rings. The molecule has 1 aromatic heterocycles. The Morgan fingerprint density at radius 2 is 2.15 bits per heavy atom. The normalized spacial score (nSPS) is 26.6. The fourth-order valence-corrected chi connectivity index (χ4v) is 2.83. The number of H-pyrrole nitrogens is 1. The van der Waals surface area contributed by atoms with Gasteiger partial charge in [-0.25, -0.2) is 4.79 Å². The van der Waals surface area contributed by atoms with E-state index in [4.69, 9.17) is 16.2 Å². The lowest BCUT2D eigenvalue weighted by Crippen LogP contribution is -2.52. The van der Waals surface area contributed by atoms with Crippen molar-refractivity contribution in [1.29, 1.82) is 0 Å². The van der Waals surface area contributed by atoms with Gasteiger partial charge in [0.2, 0.25) is 5.91 Å². The third kappa shape index (κ3) is 4.56. The Labute approximate surface area is 149 Å². The van der Waals surface area contributed by atoms with Gasteiger partial charge in [0.25, 0.3) is 5.56 Å². The molecule has 11 heteroatoms. The molecule has 2 rings (SSSR count). The number of unbranched alkanes of at least 4 members (excludes halogenated alkanes) is 1. The van der Waals surface area contributed by atoms with Gasteiger partial charge in [-0.2, -0.15) is 0 Å². The number of rotatable bonds is 8. The van der Waals surface area contributed by atoms with E-state index < -0.39 is 54.3 Å². The Kier molecular flexibility index (Phi) is 7.06. The van der Waals surface area contributed by atoms with Gasteiger partial charge in [-0.1, -0.05) is 6.42 Å². The first-order chi connectivity index (χ1) is 12.4. The van der Waals surface area contributed by atoms with Crippen molar-refractivity contribution in [2.45, 2.75) is 49.8 Å². The lowest BCUT2D eigenvalue weighted by molar-refractivity contribution is -0.124. The molecule has 11 nitrogen and oxygen atoms in total. The number of carbonyl (C=O) groups excluding carboxylic acids is 1. The maximum Gasteiger partial charge on any atom is 0.330 e. The first-order valence-electron chi connectivity index (χ1n) is 8.41. The van der Waals surface area contributed by atoms with E-state index in [0.717, 1.165) is 17.1 Å². The molecule has 5 unspecified atom stereocenters. The number of nitrogens with two attached hydrogens (primary N) is 2. The molecule has 0 saturated carbocycles. The third-order valence-electron chi connectivity index (χ3n) is 4.29. The summed E-state index contributed by atoms with van der Waals surface area (Å²) in [5, 5.41) is 22.2. The predicted octanol–water partition coefficient (Wildman–Crippen LogP) is -3.27. The standard InChI is InChI=1S/C15H25N5O6/c16-5-2-1-3-8(17)13(24)19-11-12(23)9(7-21)26-14(11)20-6-4-10(22)18-15(20)25/h4,6,8-9,11-12,14,21,23H,1-3,5,7,16-17H2,(H,19,24)(H,18,22,25). The zero-order valence-electron chi connectivity index (χ0n) is 14.2. The van der Waals surface area contributed by atoms with E-state index in [1.165, 1.54) is 6.20 Å². The Bertz CT molecular complexity index is 719. The molecule has 0 bridgehead atoms. The summed E-state index contributed by atoms with van der Waals surface area (Å²) in [6, 6.07) is -0.723. The van der Waals surface area contributed by atoms with E-state index in [9.17, 15) is 24.6 Å². The monoisotopic (exact) mass is 371 g/mol. The summed E-state index contributed by atoms with van der Waals surface area (Å²) < 4.78 is 6.52. The number of hydrogen-bond donors (Lipinski definition) is 6. The van der Waals surface area contributed by atoms with Gasteiger partial charge in [-0.05, 0) is 19.4 Å². The molecule has 1 fully saturated rings. The number of aliphatic hydroxyl groups is 2. The van der Waals surface area contributed by atoms with Crippen LogP contribution in [0.15, 0.2) is 21.9 Å². The van der Waals surface area contributed by atoms with Crippen LogP contribution in [-0.2, 0) is 9.53 Å². The number of nitrogens with one attached hydrogen (secondary N) is 2. The first kappa shape index (κ1) is 20.3. The summed E-state index contributed by atoms with van der Waals surface area (Å²) in [6.45, 7) is -0.0103. The van der Waals surface area contributed by atoms with E-state index in [1.54, 1.807) is 0 Å². The summed E-state index contributed by atoms with van der Waals surface area (Å²) in [6.07, 6.45) is -0.346. The average molecular weight is 371 g/mol.